The van der Waals surface area contributed by atoms with Crippen molar-refractivity contribution >= 4 is 5.91 Å². The minimum Gasteiger partial charge on any atom is -0.389 e. The van der Waals surface area contributed by atoms with Crippen LogP contribution < -0.4 is 0 Å². The van der Waals surface area contributed by atoms with Gasteiger partial charge in [-0.25, -0.2) is 0 Å². The van der Waals surface area contributed by atoms with Crippen LogP contribution in [0.2, 0.25) is 0 Å². The Morgan fingerprint density at radius 1 is 1.77 bits per heavy atom. The highest BCUT2D eigenvalue weighted by Gasteiger charge is 2.30. The largest absolute Gasteiger partial charge is 0.389 e. The van der Waals surface area contributed by atoms with Gasteiger partial charge in [-0.1, -0.05) is 5.16 Å². The Morgan fingerprint density at radius 2 is 2.46 bits per heavy atom. The molecule has 2 heterocycles. The van der Waals surface area contributed by atoms with Crippen LogP contribution in [-0.2, 0) is 0 Å². The summed E-state index contributed by atoms with van der Waals surface area (Å²) in [5.41, 5.74) is 0.310. The van der Waals surface area contributed by atoms with Gasteiger partial charge in [0, 0.05) is 19.2 Å². The molecule has 0 unspecified atom stereocenters. The van der Waals surface area contributed by atoms with Crippen LogP contribution in [0.3, 0.4) is 0 Å². The molecule has 1 aliphatic rings. The highest BCUT2D eigenvalue weighted by Crippen LogP contribution is 2.12. The number of hydrogen-bond donors (Lipinski definition) is 1. The number of amides is 1. The van der Waals surface area contributed by atoms with Crippen LogP contribution in [0.5, 0.6) is 0 Å². The van der Waals surface area contributed by atoms with Crippen molar-refractivity contribution in [3.63, 3.8) is 0 Å². The Labute approximate surface area is 74.9 Å². The molecule has 0 bridgehead atoms. The van der Waals surface area contributed by atoms with Crippen LogP contribution in [0.1, 0.15) is 16.2 Å². The van der Waals surface area contributed by atoms with Gasteiger partial charge < -0.3 is 14.5 Å². The van der Waals surface area contributed by atoms with Crippen molar-refractivity contribution in [2.45, 2.75) is 13.0 Å². The zero-order valence-corrected chi connectivity index (χ0v) is 7.23. The molecular formula is C8H10N2O3. The number of hydrogen-bond acceptors (Lipinski definition) is 4. The lowest BCUT2D eigenvalue weighted by atomic mass is 10.1. The van der Waals surface area contributed by atoms with Gasteiger partial charge in [-0.05, 0) is 6.92 Å². The van der Waals surface area contributed by atoms with E-state index in [1.54, 1.807) is 13.0 Å². The van der Waals surface area contributed by atoms with E-state index in [2.05, 4.69) is 5.16 Å². The maximum Gasteiger partial charge on any atom is 0.276 e. The van der Waals surface area contributed by atoms with Gasteiger partial charge in [0.2, 0.25) is 0 Å². The molecular weight excluding hydrogens is 172 g/mol. The first-order valence-corrected chi connectivity index (χ1v) is 4.07. The first kappa shape index (κ1) is 8.25. The van der Waals surface area contributed by atoms with Crippen LogP contribution in [-0.4, -0.2) is 40.3 Å². The molecule has 0 aromatic carbocycles. The molecule has 1 amide bonds. The topological polar surface area (TPSA) is 66.6 Å². The van der Waals surface area contributed by atoms with Gasteiger partial charge in [-0.3, -0.25) is 4.79 Å². The van der Waals surface area contributed by atoms with Gasteiger partial charge >= 0.3 is 0 Å². The second-order valence-corrected chi connectivity index (χ2v) is 3.19. The molecule has 0 saturated carbocycles. The fourth-order valence-electron chi connectivity index (χ4n) is 1.25. The number of carbonyl (C=O) groups is 1. The fraction of sp³-hybridized carbons (Fsp3) is 0.500. The van der Waals surface area contributed by atoms with E-state index in [1.807, 2.05) is 0 Å². The van der Waals surface area contributed by atoms with Crippen LogP contribution in [0, 0.1) is 6.92 Å². The Kier molecular flexibility index (Phi) is 1.81. The predicted octanol–water partition coefficient (Wildman–Crippen LogP) is -0.200. The SMILES string of the molecule is Cc1cc(C(=O)N2CC(O)C2)no1. The molecule has 0 spiro atoms. The molecule has 1 aliphatic heterocycles. The van der Waals surface area contributed by atoms with Crippen molar-refractivity contribution in [2.75, 3.05) is 13.1 Å². The summed E-state index contributed by atoms with van der Waals surface area (Å²) in [5, 5.41) is 12.6. The summed E-state index contributed by atoms with van der Waals surface area (Å²) in [6.07, 6.45) is -0.378. The van der Waals surface area contributed by atoms with Crippen molar-refractivity contribution in [2.24, 2.45) is 0 Å². The van der Waals surface area contributed by atoms with E-state index >= 15 is 0 Å². The van der Waals surface area contributed by atoms with Crippen LogP contribution in [0.25, 0.3) is 0 Å². The number of aliphatic hydroxyl groups excluding tert-OH is 1. The van der Waals surface area contributed by atoms with Gasteiger partial charge in [-0.15, -0.1) is 0 Å². The number of rotatable bonds is 1. The third kappa shape index (κ3) is 1.42. The van der Waals surface area contributed by atoms with E-state index in [1.165, 1.54) is 4.90 Å². The average molecular weight is 182 g/mol. The molecule has 0 aliphatic carbocycles. The highest BCUT2D eigenvalue weighted by atomic mass is 16.5. The molecule has 1 saturated heterocycles. The number of aryl methyl sites for hydroxylation is 1. The average Bonchev–Trinajstić information content (AvgIpc) is 2.45. The predicted molar refractivity (Wildman–Crippen MR) is 43.2 cm³/mol. The highest BCUT2D eigenvalue weighted by molar-refractivity contribution is 5.92. The number of carbonyl (C=O) groups excluding carboxylic acids is 1. The first-order chi connectivity index (χ1) is 6.16. The molecule has 5 nitrogen and oxygen atoms in total. The molecule has 70 valence electrons. The van der Waals surface area contributed by atoms with E-state index in [9.17, 15) is 4.79 Å². The second kappa shape index (κ2) is 2.85. The number of β-amino-alcohol motifs (C(OH)–C–C–N with tert-alkyl or cyclic N) is 1. The Bertz CT molecular complexity index is 328. The summed E-state index contributed by atoms with van der Waals surface area (Å²) in [6.45, 7) is 2.52. The van der Waals surface area contributed by atoms with Crippen molar-refractivity contribution in [3.05, 3.63) is 17.5 Å². The molecule has 5 heteroatoms. The van der Waals surface area contributed by atoms with Crippen LogP contribution in [0.15, 0.2) is 10.6 Å². The lowest BCUT2D eigenvalue weighted by Crippen LogP contribution is -2.53. The van der Waals surface area contributed by atoms with E-state index < -0.39 is 0 Å². The summed E-state index contributed by atoms with van der Waals surface area (Å²) in [6, 6.07) is 1.59. The van der Waals surface area contributed by atoms with Crippen molar-refractivity contribution in [3.8, 4) is 0 Å². The lowest BCUT2D eigenvalue weighted by molar-refractivity contribution is 0.00525. The quantitative estimate of drug-likeness (QED) is 0.653. The van der Waals surface area contributed by atoms with Gasteiger partial charge in [-0.2, -0.15) is 0 Å². The number of aliphatic hydroxyl groups is 1. The third-order valence-electron chi connectivity index (χ3n) is 2.00. The zero-order chi connectivity index (χ0) is 9.42. The standard InChI is InChI=1S/C8H10N2O3/c1-5-2-7(9-13-5)8(12)10-3-6(11)4-10/h2,6,11H,3-4H2,1H3. The third-order valence-corrected chi connectivity index (χ3v) is 2.00. The summed E-state index contributed by atoms with van der Waals surface area (Å²) < 4.78 is 4.77. The number of likely N-dealkylation sites (tertiary alicyclic amines) is 1. The maximum absolute atomic E-state index is 11.5. The van der Waals surface area contributed by atoms with Gasteiger partial charge in [0.15, 0.2) is 5.69 Å². The van der Waals surface area contributed by atoms with Gasteiger partial charge in [0.25, 0.3) is 5.91 Å². The molecule has 1 aromatic rings. The smallest absolute Gasteiger partial charge is 0.276 e. The molecule has 1 N–H and O–H groups in total. The molecule has 13 heavy (non-hydrogen) atoms. The van der Waals surface area contributed by atoms with Crippen molar-refractivity contribution < 1.29 is 14.4 Å². The maximum atomic E-state index is 11.5. The van der Waals surface area contributed by atoms with E-state index in [4.69, 9.17) is 9.63 Å². The van der Waals surface area contributed by atoms with Gasteiger partial charge in [0.05, 0.1) is 6.10 Å². The molecule has 1 aromatic heterocycles. The lowest BCUT2D eigenvalue weighted by Gasteiger charge is -2.35. The second-order valence-electron chi connectivity index (χ2n) is 3.19. The summed E-state index contributed by atoms with van der Waals surface area (Å²) in [7, 11) is 0. The van der Waals surface area contributed by atoms with E-state index in [-0.39, 0.29) is 12.0 Å². The fourth-order valence-corrected chi connectivity index (χ4v) is 1.25. The minimum absolute atomic E-state index is 0.179. The Balaban J connectivity index is 2.06. The summed E-state index contributed by atoms with van der Waals surface area (Å²) in [5.74, 6) is 0.437. The van der Waals surface area contributed by atoms with Crippen molar-refractivity contribution in [1.82, 2.24) is 10.1 Å². The summed E-state index contributed by atoms with van der Waals surface area (Å²) in [4.78, 5) is 13.0. The first-order valence-electron chi connectivity index (χ1n) is 4.07. The van der Waals surface area contributed by atoms with Crippen molar-refractivity contribution in [1.29, 1.82) is 0 Å². The van der Waals surface area contributed by atoms with E-state index in [0.29, 0.717) is 24.5 Å². The van der Waals surface area contributed by atoms with E-state index in [0.717, 1.165) is 0 Å². The Hall–Kier alpha value is -1.36. The Morgan fingerprint density at radius 3 is 2.92 bits per heavy atom. The normalized spacial score (nSPS) is 17.2. The van der Waals surface area contributed by atoms with Crippen LogP contribution in [0.4, 0.5) is 0 Å². The monoisotopic (exact) mass is 182 g/mol. The number of aromatic nitrogens is 1. The molecule has 2 rings (SSSR count). The van der Waals surface area contributed by atoms with Gasteiger partial charge in [0.1, 0.15) is 5.76 Å². The van der Waals surface area contributed by atoms with Crippen LogP contribution >= 0.6 is 0 Å². The molecule has 0 atom stereocenters. The number of nitrogens with zero attached hydrogens (tertiary/aromatic N) is 2. The minimum atomic E-state index is -0.378. The molecule has 1 fully saturated rings. The zero-order valence-electron chi connectivity index (χ0n) is 7.23. The molecule has 0 radical (unpaired) electrons. The summed E-state index contributed by atoms with van der Waals surface area (Å²) >= 11 is 0.